The molecule has 8 heteroatoms. The number of nitrogens with zero attached hydrogens (tertiary/aromatic N) is 5. The van der Waals surface area contributed by atoms with Gasteiger partial charge in [0.2, 0.25) is 11.9 Å². The number of aromatic amines is 1. The molecule has 0 saturated carbocycles. The Morgan fingerprint density at radius 2 is 1.88 bits per heavy atom. The molecule has 1 aliphatic rings. The Bertz CT molecular complexity index is 1320. The van der Waals surface area contributed by atoms with Crippen LogP contribution in [0, 0.1) is 20.8 Å². The van der Waals surface area contributed by atoms with Gasteiger partial charge in [0.25, 0.3) is 0 Å². The summed E-state index contributed by atoms with van der Waals surface area (Å²) in [5.74, 6) is 1.01. The van der Waals surface area contributed by atoms with Crippen molar-refractivity contribution in [1.29, 1.82) is 0 Å². The SMILES string of the molecule is Cc1ccc(-n2nc(C)c(CC(=O)N3CCCN(c4nc5ccccc5[nH]4)CC3)c2C)cc1Cl. The van der Waals surface area contributed by atoms with Gasteiger partial charge in [0, 0.05) is 42.5 Å². The van der Waals surface area contributed by atoms with Crippen molar-refractivity contribution < 1.29 is 4.79 Å². The Kier molecular flexibility index (Phi) is 6.04. The van der Waals surface area contributed by atoms with Crippen LogP contribution in [0.4, 0.5) is 5.95 Å². The van der Waals surface area contributed by atoms with Crippen LogP contribution < -0.4 is 4.90 Å². The second-order valence-electron chi connectivity index (χ2n) is 8.97. The zero-order chi connectivity index (χ0) is 23.8. The summed E-state index contributed by atoms with van der Waals surface area (Å²) in [6.45, 7) is 9.01. The summed E-state index contributed by atoms with van der Waals surface area (Å²) in [5.41, 5.74) is 6.78. The van der Waals surface area contributed by atoms with Crippen molar-refractivity contribution in [2.75, 3.05) is 31.1 Å². The van der Waals surface area contributed by atoms with Gasteiger partial charge in [-0.05, 0) is 57.0 Å². The van der Waals surface area contributed by atoms with Gasteiger partial charge >= 0.3 is 0 Å². The number of rotatable bonds is 4. The van der Waals surface area contributed by atoms with E-state index < -0.39 is 0 Å². The van der Waals surface area contributed by atoms with E-state index in [1.54, 1.807) is 0 Å². The molecule has 1 saturated heterocycles. The fourth-order valence-electron chi connectivity index (χ4n) is 4.63. The van der Waals surface area contributed by atoms with Gasteiger partial charge in [-0.1, -0.05) is 29.8 Å². The van der Waals surface area contributed by atoms with Crippen molar-refractivity contribution in [1.82, 2.24) is 24.6 Å². The molecule has 3 heterocycles. The number of benzene rings is 2. The van der Waals surface area contributed by atoms with Crippen molar-refractivity contribution in [3.63, 3.8) is 0 Å². The standard InChI is InChI=1S/C26H29ClN6O/c1-17-9-10-20(15-22(17)27)33-19(3)21(18(2)30-33)16-25(34)31-11-6-12-32(14-13-31)26-28-23-7-4-5-8-24(23)29-26/h4-5,7-10,15H,6,11-14,16H2,1-3H3,(H,28,29). The van der Waals surface area contributed by atoms with E-state index >= 15 is 0 Å². The van der Waals surface area contributed by atoms with Gasteiger partial charge in [0.1, 0.15) is 0 Å². The molecule has 1 amide bonds. The minimum Gasteiger partial charge on any atom is -0.341 e. The molecule has 7 nitrogen and oxygen atoms in total. The van der Waals surface area contributed by atoms with Crippen LogP contribution in [0.15, 0.2) is 42.5 Å². The number of aryl methyl sites for hydroxylation is 2. The highest BCUT2D eigenvalue weighted by Gasteiger charge is 2.23. The average Bonchev–Trinajstić information content (AvgIpc) is 3.26. The average molecular weight is 477 g/mol. The number of H-pyrrole nitrogens is 1. The first-order chi connectivity index (χ1) is 16.4. The van der Waals surface area contributed by atoms with E-state index in [2.05, 4.69) is 9.88 Å². The number of halogens is 1. The number of hydrogen-bond acceptors (Lipinski definition) is 4. The van der Waals surface area contributed by atoms with Gasteiger partial charge < -0.3 is 14.8 Å². The maximum atomic E-state index is 13.3. The monoisotopic (exact) mass is 476 g/mol. The molecule has 5 rings (SSSR count). The maximum absolute atomic E-state index is 13.3. The molecule has 176 valence electrons. The summed E-state index contributed by atoms with van der Waals surface area (Å²) in [5, 5.41) is 5.42. The summed E-state index contributed by atoms with van der Waals surface area (Å²) in [6.07, 6.45) is 1.25. The van der Waals surface area contributed by atoms with E-state index in [9.17, 15) is 4.79 Å². The normalized spacial score (nSPS) is 14.6. The first kappa shape index (κ1) is 22.5. The summed E-state index contributed by atoms with van der Waals surface area (Å²) in [6, 6.07) is 14.0. The Morgan fingerprint density at radius 1 is 1.06 bits per heavy atom. The van der Waals surface area contributed by atoms with E-state index in [-0.39, 0.29) is 5.91 Å². The highest BCUT2D eigenvalue weighted by Crippen LogP contribution is 2.24. The Hall–Kier alpha value is -3.32. The Morgan fingerprint density at radius 3 is 2.68 bits per heavy atom. The van der Waals surface area contributed by atoms with Crippen LogP contribution in [0.5, 0.6) is 0 Å². The number of amides is 1. The molecule has 0 aliphatic carbocycles. The Balaban J connectivity index is 1.29. The summed E-state index contributed by atoms with van der Waals surface area (Å²) in [4.78, 5) is 25.6. The highest BCUT2D eigenvalue weighted by atomic mass is 35.5. The number of aromatic nitrogens is 4. The topological polar surface area (TPSA) is 70.1 Å². The van der Waals surface area contributed by atoms with Crippen LogP contribution in [-0.4, -0.2) is 56.7 Å². The number of imidazole rings is 1. The fourth-order valence-corrected chi connectivity index (χ4v) is 4.80. The van der Waals surface area contributed by atoms with Crippen LogP contribution in [-0.2, 0) is 11.2 Å². The number of hydrogen-bond donors (Lipinski definition) is 1. The summed E-state index contributed by atoms with van der Waals surface area (Å²) in [7, 11) is 0. The van der Waals surface area contributed by atoms with Crippen molar-refractivity contribution in [3.8, 4) is 5.69 Å². The van der Waals surface area contributed by atoms with Crippen LogP contribution in [0.1, 0.15) is 28.9 Å². The van der Waals surface area contributed by atoms with E-state index in [1.807, 2.05) is 72.8 Å². The molecule has 1 aliphatic heterocycles. The lowest BCUT2D eigenvalue weighted by molar-refractivity contribution is -0.130. The molecule has 4 aromatic rings. The van der Waals surface area contributed by atoms with E-state index in [0.29, 0.717) is 18.0 Å². The van der Waals surface area contributed by atoms with Crippen molar-refractivity contribution in [2.24, 2.45) is 0 Å². The number of fused-ring (bicyclic) bond motifs is 1. The molecule has 0 radical (unpaired) electrons. The number of anilines is 1. The molecule has 0 atom stereocenters. The zero-order valence-corrected chi connectivity index (χ0v) is 20.6. The molecule has 1 fully saturated rings. The minimum absolute atomic E-state index is 0.138. The van der Waals surface area contributed by atoms with Crippen LogP contribution in [0.3, 0.4) is 0 Å². The molecular weight excluding hydrogens is 448 g/mol. The molecule has 2 aromatic carbocycles. The number of para-hydroxylation sites is 2. The largest absolute Gasteiger partial charge is 0.341 e. The Labute approximate surface area is 204 Å². The summed E-state index contributed by atoms with van der Waals surface area (Å²) < 4.78 is 1.88. The van der Waals surface area contributed by atoms with Gasteiger partial charge in [-0.3, -0.25) is 4.79 Å². The predicted octanol–water partition coefficient (Wildman–Crippen LogP) is 4.61. The lowest BCUT2D eigenvalue weighted by Gasteiger charge is -2.22. The van der Waals surface area contributed by atoms with E-state index in [1.165, 1.54) is 0 Å². The summed E-state index contributed by atoms with van der Waals surface area (Å²) >= 11 is 6.33. The third-order valence-electron chi connectivity index (χ3n) is 6.69. The molecule has 0 bridgehead atoms. The molecular formula is C26H29ClN6O. The predicted molar refractivity (Wildman–Crippen MR) is 136 cm³/mol. The van der Waals surface area contributed by atoms with Gasteiger partial charge in [0.15, 0.2) is 0 Å². The molecule has 0 unspecified atom stereocenters. The minimum atomic E-state index is 0.138. The lowest BCUT2D eigenvalue weighted by Crippen LogP contribution is -2.36. The van der Waals surface area contributed by atoms with Gasteiger partial charge in [-0.15, -0.1) is 0 Å². The quantitative estimate of drug-likeness (QED) is 0.467. The van der Waals surface area contributed by atoms with E-state index in [0.717, 1.165) is 71.2 Å². The van der Waals surface area contributed by atoms with Crippen molar-refractivity contribution in [3.05, 3.63) is 70.0 Å². The third-order valence-corrected chi connectivity index (χ3v) is 7.10. The smallest absolute Gasteiger partial charge is 0.227 e. The van der Waals surface area contributed by atoms with Crippen molar-refractivity contribution >= 4 is 34.5 Å². The van der Waals surface area contributed by atoms with Crippen LogP contribution >= 0.6 is 11.6 Å². The number of carbonyl (C=O) groups is 1. The van der Waals surface area contributed by atoms with Crippen LogP contribution in [0.2, 0.25) is 5.02 Å². The van der Waals surface area contributed by atoms with Crippen molar-refractivity contribution in [2.45, 2.75) is 33.6 Å². The number of nitrogens with one attached hydrogen (secondary N) is 1. The first-order valence-electron chi connectivity index (χ1n) is 11.7. The third kappa shape index (κ3) is 4.28. The second-order valence-corrected chi connectivity index (χ2v) is 9.38. The molecule has 1 N–H and O–H groups in total. The van der Waals surface area contributed by atoms with E-state index in [4.69, 9.17) is 21.7 Å². The lowest BCUT2D eigenvalue weighted by atomic mass is 10.1. The zero-order valence-electron chi connectivity index (χ0n) is 19.8. The maximum Gasteiger partial charge on any atom is 0.227 e. The highest BCUT2D eigenvalue weighted by molar-refractivity contribution is 6.31. The molecule has 0 spiro atoms. The number of carbonyl (C=O) groups excluding carboxylic acids is 1. The fraction of sp³-hybridized carbons (Fsp3) is 0.346. The molecule has 2 aromatic heterocycles. The first-order valence-corrected chi connectivity index (χ1v) is 12.1. The van der Waals surface area contributed by atoms with Crippen LogP contribution in [0.25, 0.3) is 16.7 Å². The van der Waals surface area contributed by atoms with Gasteiger partial charge in [0.05, 0.1) is 28.8 Å². The van der Waals surface area contributed by atoms with Gasteiger partial charge in [-0.25, -0.2) is 9.67 Å². The van der Waals surface area contributed by atoms with Gasteiger partial charge in [-0.2, -0.15) is 5.10 Å². The molecule has 34 heavy (non-hydrogen) atoms. The second kappa shape index (κ2) is 9.14.